The number of nitrogens with one attached hydrogen (secondary N) is 3. The highest BCUT2D eigenvalue weighted by Gasteiger charge is 2.38. The van der Waals surface area contributed by atoms with Crippen molar-refractivity contribution < 1.29 is 28.2 Å². The zero-order valence-electron chi connectivity index (χ0n) is 17.7. The van der Waals surface area contributed by atoms with Gasteiger partial charge >= 0.3 is 12.1 Å². The van der Waals surface area contributed by atoms with Crippen LogP contribution in [0.4, 0.5) is 13.2 Å². The fourth-order valence-corrected chi connectivity index (χ4v) is 2.63. The summed E-state index contributed by atoms with van der Waals surface area (Å²) in [4.78, 5) is 46.1. The second kappa shape index (κ2) is 9.59. The predicted molar refractivity (Wildman–Crippen MR) is 113 cm³/mol. The first kappa shape index (κ1) is 25.2. The summed E-state index contributed by atoms with van der Waals surface area (Å²) in [5.41, 5.74) is 1.02. The Balaban J connectivity index is 0.000000479. The van der Waals surface area contributed by atoms with Crippen LogP contribution in [0.2, 0.25) is 0 Å². The van der Waals surface area contributed by atoms with Gasteiger partial charge in [0.1, 0.15) is 16.4 Å². The number of phenolic OH excluding ortho intramolecular Hbond substituents is 1. The lowest BCUT2D eigenvalue weighted by Gasteiger charge is -2.16. The van der Waals surface area contributed by atoms with E-state index in [1.54, 1.807) is 24.5 Å². The van der Waals surface area contributed by atoms with Gasteiger partial charge in [-0.05, 0) is 29.8 Å². The van der Waals surface area contributed by atoms with Crippen molar-refractivity contribution >= 4 is 18.1 Å². The quantitative estimate of drug-likeness (QED) is 0.381. The summed E-state index contributed by atoms with van der Waals surface area (Å²) in [5.74, 6) is -2.68. The van der Waals surface area contributed by atoms with E-state index in [2.05, 4.69) is 19.9 Å². The average molecular weight is 466 g/mol. The normalized spacial score (nSPS) is 12.9. The molecule has 176 valence electrons. The third-order valence-corrected chi connectivity index (χ3v) is 4.11. The molecule has 5 N–H and O–H groups in total. The van der Waals surface area contributed by atoms with Crippen LogP contribution < -0.4 is 21.8 Å². The first-order valence-electron chi connectivity index (χ1n) is 9.37. The van der Waals surface area contributed by atoms with Crippen LogP contribution in [-0.4, -0.2) is 42.3 Å². The lowest BCUT2D eigenvalue weighted by Crippen LogP contribution is -2.46. The molecular weight excluding hydrogens is 445 g/mol. The number of aliphatic carboxylic acids is 1. The number of rotatable bonds is 2. The van der Waals surface area contributed by atoms with Gasteiger partial charge in [0, 0.05) is 11.1 Å². The number of phenols is 1. The summed E-state index contributed by atoms with van der Waals surface area (Å²) >= 11 is 0. The van der Waals surface area contributed by atoms with E-state index < -0.39 is 23.3 Å². The molecule has 0 aliphatic rings. The third-order valence-electron chi connectivity index (χ3n) is 4.11. The molecule has 0 radical (unpaired) electrons. The molecule has 0 aliphatic heterocycles. The van der Waals surface area contributed by atoms with E-state index in [-0.39, 0.29) is 21.9 Å². The van der Waals surface area contributed by atoms with Gasteiger partial charge < -0.3 is 25.2 Å². The molecule has 0 atom stereocenters. The van der Waals surface area contributed by atoms with Crippen molar-refractivity contribution in [1.29, 1.82) is 0 Å². The van der Waals surface area contributed by atoms with Crippen LogP contribution in [0.5, 0.6) is 5.75 Å². The lowest BCUT2D eigenvalue weighted by atomic mass is 9.90. The molecule has 0 spiro atoms. The van der Waals surface area contributed by atoms with Crippen molar-refractivity contribution in [2.45, 2.75) is 32.4 Å². The van der Waals surface area contributed by atoms with Crippen LogP contribution in [0.15, 0.2) is 40.2 Å². The van der Waals surface area contributed by atoms with Crippen LogP contribution in [0.3, 0.4) is 0 Å². The van der Waals surface area contributed by atoms with Crippen LogP contribution in [0.25, 0.3) is 12.2 Å². The molecule has 9 nitrogen and oxygen atoms in total. The van der Waals surface area contributed by atoms with E-state index in [0.29, 0.717) is 11.3 Å². The number of aromatic hydroxyl groups is 1. The molecule has 1 aromatic carbocycles. The Labute approximate surface area is 184 Å². The molecule has 3 aromatic rings. The van der Waals surface area contributed by atoms with E-state index in [1.165, 1.54) is 18.2 Å². The number of benzene rings is 1. The lowest BCUT2D eigenvalue weighted by molar-refractivity contribution is -0.192. The first-order valence-corrected chi connectivity index (χ1v) is 9.37. The number of nitrogens with zero attached hydrogens (tertiary/aromatic N) is 1. The molecule has 2 aromatic heterocycles. The van der Waals surface area contributed by atoms with Gasteiger partial charge in [-0.1, -0.05) is 32.9 Å². The Morgan fingerprint density at radius 3 is 2.06 bits per heavy atom. The van der Waals surface area contributed by atoms with Crippen molar-refractivity contribution in [3.05, 3.63) is 78.9 Å². The molecular formula is C21H21F3N4O5. The monoisotopic (exact) mass is 466 g/mol. The van der Waals surface area contributed by atoms with Crippen LogP contribution in [-0.2, 0) is 10.2 Å². The highest BCUT2D eigenvalue weighted by Crippen LogP contribution is 2.22. The number of hydrogen-bond donors (Lipinski definition) is 5. The number of carboxylic acids is 1. The van der Waals surface area contributed by atoms with Gasteiger partial charge in [-0.2, -0.15) is 13.2 Å². The van der Waals surface area contributed by atoms with E-state index in [9.17, 15) is 27.9 Å². The van der Waals surface area contributed by atoms with E-state index in [0.717, 1.165) is 5.69 Å². The minimum Gasteiger partial charge on any atom is -0.508 e. The number of carbonyl (C=O) groups is 1. The van der Waals surface area contributed by atoms with Crippen molar-refractivity contribution in [2.24, 2.45) is 0 Å². The Hall–Kier alpha value is -4.09. The smallest absolute Gasteiger partial charge is 0.490 e. The molecule has 0 aliphatic carbocycles. The first-order chi connectivity index (χ1) is 15.2. The van der Waals surface area contributed by atoms with Gasteiger partial charge in [0.2, 0.25) is 0 Å². The van der Waals surface area contributed by atoms with Gasteiger partial charge in [0.25, 0.3) is 11.1 Å². The number of aromatic amines is 3. The second-order valence-electron chi connectivity index (χ2n) is 7.83. The molecule has 0 unspecified atom stereocenters. The maximum atomic E-state index is 12.4. The Morgan fingerprint density at radius 1 is 1.03 bits per heavy atom. The maximum absolute atomic E-state index is 12.4. The summed E-state index contributed by atoms with van der Waals surface area (Å²) in [6, 6.07) is 6.40. The third kappa shape index (κ3) is 6.95. The minimum absolute atomic E-state index is 0.0794. The highest BCUT2D eigenvalue weighted by molar-refractivity contribution is 5.73. The van der Waals surface area contributed by atoms with Gasteiger partial charge in [0.05, 0.1) is 12.0 Å². The number of hydrogen-bond acceptors (Lipinski definition) is 5. The molecule has 0 saturated heterocycles. The van der Waals surface area contributed by atoms with Gasteiger partial charge in [-0.25, -0.2) is 9.78 Å². The SMILES string of the molecule is CC(C)(C)c1[nH]cnc1/C=c1\[nH]c(=O)/c(=C/c2cccc(O)c2)[nH]c1=O.O=C(O)C(F)(F)F. The average Bonchev–Trinajstić information content (AvgIpc) is 3.14. The van der Waals surface area contributed by atoms with Gasteiger partial charge in [-0.3, -0.25) is 9.59 Å². The molecule has 0 fully saturated rings. The molecule has 0 saturated carbocycles. The minimum atomic E-state index is -5.08. The highest BCUT2D eigenvalue weighted by atomic mass is 19.4. The van der Waals surface area contributed by atoms with E-state index in [4.69, 9.17) is 9.90 Å². The van der Waals surface area contributed by atoms with E-state index >= 15 is 0 Å². The fourth-order valence-electron chi connectivity index (χ4n) is 2.63. The zero-order valence-corrected chi connectivity index (χ0v) is 17.7. The largest absolute Gasteiger partial charge is 0.508 e. The molecule has 0 bridgehead atoms. The predicted octanol–water partition coefficient (Wildman–Crippen LogP) is 1.08. The maximum Gasteiger partial charge on any atom is 0.490 e. The van der Waals surface area contributed by atoms with Crippen molar-refractivity contribution in [3.63, 3.8) is 0 Å². The number of imidazole rings is 1. The van der Waals surface area contributed by atoms with Crippen molar-refractivity contribution in [2.75, 3.05) is 0 Å². The number of aromatic nitrogens is 4. The molecule has 3 rings (SSSR count). The number of carboxylic acid groups (broad SMARTS) is 1. The summed E-state index contributed by atoms with van der Waals surface area (Å²) in [6.45, 7) is 6.08. The zero-order chi connectivity index (χ0) is 25.0. The van der Waals surface area contributed by atoms with Crippen LogP contribution in [0, 0.1) is 0 Å². The Morgan fingerprint density at radius 2 is 1.58 bits per heavy atom. The molecule has 12 heteroatoms. The van der Waals surface area contributed by atoms with Gasteiger partial charge in [-0.15, -0.1) is 0 Å². The van der Waals surface area contributed by atoms with E-state index in [1.807, 2.05) is 20.8 Å². The molecule has 33 heavy (non-hydrogen) atoms. The van der Waals surface area contributed by atoms with Crippen molar-refractivity contribution in [1.82, 2.24) is 19.9 Å². The summed E-state index contributed by atoms with van der Waals surface area (Å²) in [5, 5.41) is 16.9. The summed E-state index contributed by atoms with van der Waals surface area (Å²) < 4.78 is 31.7. The van der Waals surface area contributed by atoms with Gasteiger partial charge in [0.15, 0.2) is 0 Å². The summed E-state index contributed by atoms with van der Waals surface area (Å²) in [6.07, 6.45) is -0.475. The fraction of sp³-hybridized carbons (Fsp3) is 0.238. The molecule has 0 amide bonds. The standard InChI is InChI=1S/C19H20N4O3.C2HF3O2/c1-19(2,3)16-13(20-10-21-16)9-15-18(26)22-14(17(25)23-15)8-11-5-4-6-12(24)7-11;3-2(4,5)1(6)7/h4-10,24H,1-3H3,(H,20,21)(H,22,26)(H,23,25);(H,6,7)/b14-8-,15-9-;. The van der Waals surface area contributed by atoms with Crippen LogP contribution in [0.1, 0.15) is 37.7 Å². The summed E-state index contributed by atoms with van der Waals surface area (Å²) in [7, 11) is 0. The number of alkyl halides is 3. The number of H-pyrrole nitrogens is 3. The van der Waals surface area contributed by atoms with Crippen LogP contribution >= 0.6 is 0 Å². The second-order valence-corrected chi connectivity index (χ2v) is 7.83. The van der Waals surface area contributed by atoms with Crippen molar-refractivity contribution in [3.8, 4) is 5.75 Å². The Bertz CT molecular complexity index is 1380. The topological polar surface area (TPSA) is 152 Å². The number of halogens is 3. The Kier molecular flexibility index (Phi) is 7.31. The molecule has 2 heterocycles.